The first-order valence-electron chi connectivity index (χ1n) is 9.03. The van der Waals surface area contributed by atoms with Gasteiger partial charge in [0.05, 0.1) is 35.5 Å². The van der Waals surface area contributed by atoms with Gasteiger partial charge in [-0.25, -0.2) is 4.98 Å². The van der Waals surface area contributed by atoms with Crippen LogP contribution in [0.1, 0.15) is 15.9 Å². The lowest BCUT2D eigenvalue weighted by atomic mass is 10.0. The normalized spacial score (nSPS) is 10.3. The number of rotatable bonds is 4. The Bertz CT molecular complexity index is 1240. The maximum absolute atomic E-state index is 13.1. The van der Waals surface area contributed by atoms with Crippen molar-refractivity contribution in [1.29, 1.82) is 5.26 Å². The van der Waals surface area contributed by atoms with Crippen LogP contribution in [0, 0.1) is 11.3 Å². The summed E-state index contributed by atoms with van der Waals surface area (Å²) in [5.41, 5.74) is 3.89. The molecule has 0 aliphatic rings. The number of methoxy groups -OCH3 is 1. The first-order valence-corrected chi connectivity index (χ1v) is 9.03. The third-order valence-electron chi connectivity index (χ3n) is 4.60. The molecular formula is C24H17N3O2. The van der Waals surface area contributed by atoms with Crippen molar-refractivity contribution < 1.29 is 9.53 Å². The predicted octanol–water partition coefficient (Wildman–Crippen LogP) is 5.03. The Morgan fingerprint density at radius 1 is 1.00 bits per heavy atom. The number of benzene rings is 3. The third kappa shape index (κ3) is 3.78. The Kier molecular flexibility index (Phi) is 4.91. The maximum atomic E-state index is 13.1. The van der Waals surface area contributed by atoms with Crippen molar-refractivity contribution in [1.82, 2.24) is 4.98 Å². The molecule has 0 radical (unpaired) electrons. The molecule has 0 fully saturated rings. The van der Waals surface area contributed by atoms with E-state index in [4.69, 9.17) is 15.0 Å². The summed E-state index contributed by atoms with van der Waals surface area (Å²) in [6, 6.07) is 25.8. The second kappa shape index (κ2) is 7.83. The Morgan fingerprint density at radius 3 is 2.55 bits per heavy atom. The molecule has 5 heteroatoms. The number of nitrogens with zero attached hydrogens (tertiary/aromatic N) is 2. The van der Waals surface area contributed by atoms with Crippen LogP contribution in [-0.2, 0) is 0 Å². The third-order valence-corrected chi connectivity index (χ3v) is 4.60. The van der Waals surface area contributed by atoms with E-state index < -0.39 is 0 Å². The topological polar surface area (TPSA) is 75.0 Å². The number of anilines is 1. The highest BCUT2D eigenvalue weighted by molar-refractivity contribution is 6.13. The zero-order valence-electron chi connectivity index (χ0n) is 15.7. The number of aromatic nitrogens is 1. The Morgan fingerprint density at radius 2 is 1.79 bits per heavy atom. The van der Waals surface area contributed by atoms with Gasteiger partial charge < -0.3 is 10.1 Å². The van der Waals surface area contributed by atoms with Crippen LogP contribution in [-0.4, -0.2) is 18.0 Å². The molecule has 1 heterocycles. The van der Waals surface area contributed by atoms with Crippen LogP contribution in [0.25, 0.3) is 22.2 Å². The van der Waals surface area contributed by atoms with Crippen LogP contribution < -0.4 is 10.1 Å². The van der Waals surface area contributed by atoms with Gasteiger partial charge in [0.25, 0.3) is 5.91 Å². The summed E-state index contributed by atoms with van der Waals surface area (Å²) in [6.07, 6.45) is 0. The number of nitrogens with one attached hydrogen (secondary N) is 1. The highest BCUT2D eigenvalue weighted by Gasteiger charge is 2.14. The summed E-state index contributed by atoms with van der Waals surface area (Å²) in [6.45, 7) is 0. The summed E-state index contributed by atoms with van der Waals surface area (Å²) in [5, 5.41) is 12.7. The molecular weight excluding hydrogens is 362 g/mol. The first-order chi connectivity index (χ1) is 14.2. The fourth-order valence-electron chi connectivity index (χ4n) is 3.14. The minimum atomic E-state index is -0.256. The van der Waals surface area contributed by atoms with Crippen molar-refractivity contribution in [2.45, 2.75) is 0 Å². The summed E-state index contributed by atoms with van der Waals surface area (Å²) in [7, 11) is 1.62. The van der Waals surface area contributed by atoms with E-state index in [-0.39, 0.29) is 5.91 Å². The van der Waals surface area contributed by atoms with Gasteiger partial charge in [-0.3, -0.25) is 4.79 Å². The number of para-hydroxylation sites is 1. The van der Waals surface area contributed by atoms with Gasteiger partial charge in [0.1, 0.15) is 5.75 Å². The minimum Gasteiger partial charge on any atom is -0.497 e. The molecule has 4 rings (SSSR count). The van der Waals surface area contributed by atoms with Gasteiger partial charge in [0.15, 0.2) is 0 Å². The van der Waals surface area contributed by atoms with Crippen molar-refractivity contribution >= 4 is 22.5 Å². The number of fused-ring (bicyclic) bond motifs is 1. The fourth-order valence-corrected chi connectivity index (χ4v) is 3.14. The van der Waals surface area contributed by atoms with E-state index in [2.05, 4.69) is 11.4 Å². The number of hydrogen-bond acceptors (Lipinski definition) is 4. The molecule has 0 atom stereocenters. The molecule has 29 heavy (non-hydrogen) atoms. The minimum absolute atomic E-state index is 0.256. The summed E-state index contributed by atoms with van der Waals surface area (Å²) in [5.74, 6) is 0.498. The maximum Gasteiger partial charge on any atom is 0.256 e. The molecule has 1 amide bonds. The number of amides is 1. The van der Waals surface area contributed by atoms with Gasteiger partial charge in [0.2, 0.25) is 0 Å². The SMILES string of the molecule is COc1ccc(-c2cc(C(=O)Nc3cccc(C#N)c3)c3ccccc3n2)cc1. The number of carbonyl (C=O) groups is 1. The second-order valence-electron chi connectivity index (χ2n) is 6.45. The zero-order valence-corrected chi connectivity index (χ0v) is 15.7. The van der Waals surface area contributed by atoms with Crippen molar-refractivity contribution in [3.8, 4) is 23.1 Å². The van der Waals surface area contributed by atoms with Gasteiger partial charge in [-0.15, -0.1) is 0 Å². The molecule has 0 aliphatic heterocycles. The van der Waals surface area contributed by atoms with E-state index in [0.717, 1.165) is 22.2 Å². The monoisotopic (exact) mass is 379 g/mol. The van der Waals surface area contributed by atoms with Crippen molar-refractivity contribution in [3.63, 3.8) is 0 Å². The average molecular weight is 379 g/mol. The van der Waals surface area contributed by atoms with E-state index in [1.165, 1.54) is 0 Å². The van der Waals surface area contributed by atoms with E-state index in [1.807, 2.05) is 48.5 Å². The average Bonchev–Trinajstić information content (AvgIpc) is 2.78. The summed E-state index contributed by atoms with van der Waals surface area (Å²) >= 11 is 0. The molecule has 5 nitrogen and oxygen atoms in total. The Labute approximate surface area is 168 Å². The smallest absolute Gasteiger partial charge is 0.256 e. The molecule has 0 saturated heterocycles. The molecule has 1 N–H and O–H groups in total. The van der Waals surface area contributed by atoms with Gasteiger partial charge in [-0.2, -0.15) is 5.26 Å². The van der Waals surface area contributed by atoms with Crippen LogP contribution in [0.4, 0.5) is 5.69 Å². The Hall–Kier alpha value is -4.17. The summed E-state index contributed by atoms with van der Waals surface area (Å²) in [4.78, 5) is 17.8. The first kappa shape index (κ1) is 18.2. The molecule has 1 aromatic heterocycles. The Balaban J connectivity index is 1.77. The van der Waals surface area contributed by atoms with Gasteiger partial charge in [-0.1, -0.05) is 24.3 Å². The van der Waals surface area contributed by atoms with E-state index in [9.17, 15) is 4.79 Å². The predicted molar refractivity (Wildman–Crippen MR) is 113 cm³/mol. The lowest BCUT2D eigenvalue weighted by molar-refractivity contribution is 0.102. The van der Waals surface area contributed by atoms with Gasteiger partial charge in [-0.05, 0) is 54.6 Å². The number of nitriles is 1. The lowest BCUT2D eigenvalue weighted by Crippen LogP contribution is -2.13. The molecule has 3 aromatic carbocycles. The summed E-state index contributed by atoms with van der Waals surface area (Å²) < 4.78 is 5.22. The van der Waals surface area contributed by atoms with Crippen LogP contribution in [0.15, 0.2) is 78.9 Å². The van der Waals surface area contributed by atoms with E-state index in [1.54, 1.807) is 37.4 Å². The fraction of sp³-hybridized carbons (Fsp3) is 0.0417. The van der Waals surface area contributed by atoms with Gasteiger partial charge in [0, 0.05) is 16.6 Å². The molecule has 0 aliphatic carbocycles. The zero-order chi connectivity index (χ0) is 20.2. The van der Waals surface area contributed by atoms with Crippen LogP contribution in [0.3, 0.4) is 0 Å². The highest BCUT2D eigenvalue weighted by atomic mass is 16.5. The van der Waals surface area contributed by atoms with Crippen LogP contribution >= 0.6 is 0 Å². The quantitative estimate of drug-likeness (QED) is 0.539. The van der Waals surface area contributed by atoms with Crippen LogP contribution in [0.5, 0.6) is 5.75 Å². The highest BCUT2D eigenvalue weighted by Crippen LogP contribution is 2.27. The second-order valence-corrected chi connectivity index (χ2v) is 6.45. The largest absolute Gasteiger partial charge is 0.497 e. The van der Waals surface area contributed by atoms with Gasteiger partial charge >= 0.3 is 0 Å². The van der Waals surface area contributed by atoms with E-state index >= 15 is 0 Å². The lowest BCUT2D eigenvalue weighted by Gasteiger charge is -2.11. The molecule has 0 unspecified atom stereocenters. The van der Waals surface area contributed by atoms with Crippen molar-refractivity contribution in [3.05, 3.63) is 90.0 Å². The standard InChI is InChI=1S/C24H17N3O2/c1-29-19-11-9-17(10-12-19)23-14-21(20-7-2-3-8-22(20)27-23)24(28)26-18-6-4-5-16(13-18)15-25/h2-14H,1H3,(H,26,28). The molecule has 4 aromatic rings. The molecule has 0 saturated carbocycles. The van der Waals surface area contributed by atoms with E-state index in [0.29, 0.717) is 22.5 Å². The van der Waals surface area contributed by atoms with Crippen molar-refractivity contribution in [2.75, 3.05) is 12.4 Å². The molecule has 140 valence electrons. The molecule has 0 bridgehead atoms. The van der Waals surface area contributed by atoms with Crippen molar-refractivity contribution in [2.24, 2.45) is 0 Å². The van der Waals surface area contributed by atoms with Crippen LogP contribution in [0.2, 0.25) is 0 Å². The number of ether oxygens (including phenoxy) is 1. The number of hydrogen-bond donors (Lipinski definition) is 1. The molecule has 0 spiro atoms. The number of pyridine rings is 1. The number of carbonyl (C=O) groups excluding carboxylic acids is 1.